The van der Waals surface area contributed by atoms with Gasteiger partial charge in [-0.25, -0.2) is 4.98 Å². The van der Waals surface area contributed by atoms with Crippen LogP contribution in [0.3, 0.4) is 0 Å². The monoisotopic (exact) mass is 305 g/mol. The first-order valence-electron chi connectivity index (χ1n) is 7.66. The number of benzene rings is 1. The van der Waals surface area contributed by atoms with Crippen molar-refractivity contribution in [3.05, 3.63) is 29.3 Å². The van der Waals surface area contributed by atoms with Crippen molar-refractivity contribution < 1.29 is 4.74 Å². The fourth-order valence-corrected chi connectivity index (χ4v) is 3.90. The zero-order chi connectivity index (χ0) is 14.7. The Morgan fingerprint density at radius 3 is 3.10 bits per heavy atom. The second kappa shape index (κ2) is 6.83. The van der Waals surface area contributed by atoms with Gasteiger partial charge in [0.25, 0.3) is 0 Å². The summed E-state index contributed by atoms with van der Waals surface area (Å²) in [6.07, 6.45) is 1.17. The fraction of sp³-hybridized carbons (Fsp3) is 0.562. The van der Waals surface area contributed by atoms with Gasteiger partial charge in [-0.1, -0.05) is 19.1 Å². The highest BCUT2D eigenvalue weighted by atomic mass is 32.1. The summed E-state index contributed by atoms with van der Waals surface area (Å²) in [4.78, 5) is 7.20. The third-order valence-corrected chi connectivity index (χ3v) is 5.24. The van der Waals surface area contributed by atoms with E-state index in [1.54, 1.807) is 11.3 Å². The lowest BCUT2D eigenvalue weighted by molar-refractivity contribution is -0.0436. The summed E-state index contributed by atoms with van der Waals surface area (Å²) in [5.74, 6) is 0. The summed E-state index contributed by atoms with van der Waals surface area (Å²) >= 11 is 1.79. The van der Waals surface area contributed by atoms with E-state index < -0.39 is 0 Å². The quantitative estimate of drug-likeness (QED) is 0.918. The number of likely N-dealkylation sites (N-methyl/N-ethyl adjacent to an activating group) is 2. The van der Waals surface area contributed by atoms with Crippen LogP contribution in [0.15, 0.2) is 24.3 Å². The molecule has 0 saturated carbocycles. The van der Waals surface area contributed by atoms with Gasteiger partial charge >= 0.3 is 0 Å². The Kier molecular flexibility index (Phi) is 4.85. The number of fused-ring (bicyclic) bond motifs is 1. The number of aromatic nitrogens is 1. The molecule has 0 amide bonds. The van der Waals surface area contributed by atoms with Crippen molar-refractivity contribution in [2.45, 2.75) is 25.5 Å². The third-order valence-electron chi connectivity index (χ3n) is 4.18. The van der Waals surface area contributed by atoms with Gasteiger partial charge in [0.1, 0.15) is 0 Å². The lowest BCUT2D eigenvalue weighted by atomic mass is 10.1. The summed E-state index contributed by atoms with van der Waals surface area (Å²) in [5.41, 5.74) is 1.10. The number of thiazole rings is 1. The first-order valence-corrected chi connectivity index (χ1v) is 8.47. The Morgan fingerprint density at radius 1 is 1.48 bits per heavy atom. The second-order valence-corrected chi connectivity index (χ2v) is 6.59. The van der Waals surface area contributed by atoms with Gasteiger partial charge in [-0.05, 0) is 25.7 Å². The van der Waals surface area contributed by atoms with Crippen molar-refractivity contribution in [3.63, 3.8) is 0 Å². The molecule has 5 heteroatoms. The van der Waals surface area contributed by atoms with E-state index >= 15 is 0 Å². The lowest BCUT2D eigenvalue weighted by Gasteiger charge is -2.36. The van der Waals surface area contributed by atoms with E-state index in [0.29, 0.717) is 6.04 Å². The van der Waals surface area contributed by atoms with Crippen LogP contribution in [0.25, 0.3) is 10.2 Å². The first kappa shape index (κ1) is 14.9. The highest BCUT2D eigenvalue weighted by Crippen LogP contribution is 2.23. The molecule has 2 aromatic rings. The van der Waals surface area contributed by atoms with Crippen molar-refractivity contribution in [1.82, 2.24) is 15.2 Å². The van der Waals surface area contributed by atoms with E-state index in [4.69, 9.17) is 9.72 Å². The van der Waals surface area contributed by atoms with Crippen LogP contribution in [0.5, 0.6) is 0 Å². The molecule has 0 bridgehead atoms. The average Bonchev–Trinajstić information content (AvgIpc) is 2.95. The minimum atomic E-state index is 0.246. The summed E-state index contributed by atoms with van der Waals surface area (Å²) < 4.78 is 7.25. The van der Waals surface area contributed by atoms with Gasteiger partial charge in [-0.15, -0.1) is 11.3 Å². The summed E-state index contributed by atoms with van der Waals surface area (Å²) in [6.45, 7) is 6.19. The molecule has 0 aliphatic carbocycles. The molecule has 3 rings (SSSR count). The molecule has 21 heavy (non-hydrogen) atoms. The van der Waals surface area contributed by atoms with Crippen LogP contribution in [-0.4, -0.2) is 55.3 Å². The molecular formula is C16H23N3OS. The molecule has 1 aromatic heterocycles. The number of nitrogens with zero attached hydrogens (tertiary/aromatic N) is 2. The van der Waals surface area contributed by atoms with Crippen LogP contribution < -0.4 is 5.32 Å². The predicted octanol–water partition coefficient (Wildman–Crippen LogP) is 2.15. The minimum absolute atomic E-state index is 0.246. The topological polar surface area (TPSA) is 37.4 Å². The Hall–Kier alpha value is -1.01. The zero-order valence-corrected chi connectivity index (χ0v) is 13.5. The van der Waals surface area contributed by atoms with Crippen molar-refractivity contribution in [2.24, 2.45) is 0 Å². The molecular weight excluding hydrogens is 282 g/mol. The number of rotatable bonds is 5. The summed E-state index contributed by atoms with van der Waals surface area (Å²) in [7, 11) is 2.02. The van der Waals surface area contributed by atoms with Crippen molar-refractivity contribution >= 4 is 21.6 Å². The number of para-hydroxylation sites is 1. The molecule has 0 spiro atoms. The van der Waals surface area contributed by atoms with Crippen molar-refractivity contribution in [3.8, 4) is 0 Å². The van der Waals surface area contributed by atoms with Crippen molar-refractivity contribution in [2.75, 3.05) is 33.3 Å². The number of morpholine rings is 1. The fourth-order valence-electron chi connectivity index (χ4n) is 2.88. The van der Waals surface area contributed by atoms with Crippen LogP contribution in [0.4, 0.5) is 0 Å². The maximum atomic E-state index is 5.98. The average molecular weight is 305 g/mol. The van der Waals surface area contributed by atoms with Gasteiger partial charge in [0.2, 0.25) is 0 Å². The summed E-state index contributed by atoms with van der Waals surface area (Å²) in [5, 5.41) is 4.61. The highest BCUT2D eigenvalue weighted by molar-refractivity contribution is 7.18. The molecule has 1 N–H and O–H groups in total. The van der Waals surface area contributed by atoms with Gasteiger partial charge in [-0.3, -0.25) is 4.90 Å². The van der Waals surface area contributed by atoms with Gasteiger partial charge in [0, 0.05) is 25.6 Å². The highest BCUT2D eigenvalue weighted by Gasteiger charge is 2.27. The Morgan fingerprint density at radius 2 is 2.33 bits per heavy atom. The van der Waals surface area contributed by atoms with Gasteiger partial charge < -0.3 is 10.1 Å². The first-order chi connectivity index (χ1) is 10.3. The van der Waals surface area contributed by atoms with E-state index in [1.807, 2.05) is 13.1 Å². The van der Waals surface area contributed by atoms with E-state index in [2.05, 4.69) is 35.3 Å². The van der Waals surface area contributed by atoms with Crippen LogP contribution in [0, 0.1) is 0 Å². The van der Waals surface area contributed by atoms with Crippen LogP contribution in [0.2, 0.25) is 0 Å². The molecule has 114 valence electrons. The van der Waals surface area contributed by atoms with Gasteiger partial charge in [0.15, 0.2) is 0 Å². The lowest BCUT2D eigenvalue weighted by Crippen LogP contribution is -2.52. The van der Waals surface area contributed by atoms with Crippen molar-refractivity contribution in [1.29, 1.82) is 0 Å². The molecule has 1 saturated heterocycles. The second-order valence-electron chi connectivity index (χ2n) is 5.48. The molecule has 1 fully saturated rings. The Bertz CT molecular complexity index is 553. The number of ether oxygens (including phenoxy) is 1. The predicted molar refractivity (Wildman–Crippen MR) is 88.0 cm³/mol. The molecule has 2 heterocycles. The molecule has 2 atom stereocenters. The van der Waals surface area contributed by atoms with E-state index in [-0.39, 0.29) is 6.10 Å². The van der Waals surface area contributed by atoms with E-state index in [1.165, 1.54) is 9.71 Å². The van der Waals surface area contributed by atoms with Crippen LogP contribution >= 0.6 is 11.3 Å². The number of hydrogen-bond acceptors (Lipinski definition) is 5. The maximum absolute atomic E-state index is 5.98. The standard InChI is InChI=1S/C16H23N3OS/c1-3-19-8-9-20-14(11-19)13(17-2)10-16-18-12-6-4-5-7-15(12)21-16/h4-7,13-14,17H,3,8-11H2,1-2H3. The molecule has 4 nitrogen and oxygen atoms in total. The molecule has 1 aliphatic heterocycles. The van der Waals surface area contributed by atoms with E-state index in [0.717, 1.165) is 38.2 Å². The van der Waals surface area contributed by atoms with Gasteiger partial charge in [-0.2, -0.15) is 0 Å². The van der Waals surface area contributed by atoms with Crippen LogP contribution in [-0.2, 0) is 11.2 Å². The molecule has 0 radical (unpaired) electrons. The number of nitrogens with one attached hydrogen (secondary N) is 1. The SMILES string of the molecule is CCN1CCOC(C(Cc2nc3ccccc3s2)NC)C1. The minimum Gasteiger partial charge on any atom is -0.374 e. The number of hydrogen-bond donors (Lipinski definition) is 1. The molecule has 1 aliphatic rings. The van der Waals surface area contributed by atoms with E-state index in [9.17, 15) is 0 Å². The van der Waals surface area contributed by atoms with Gasteiger partial charge in [0.05, 0.1) is 27.9 Å². The maximum Gasteiger partial charge on any atom is 0.0955 e. The largest absolute Gasteiger partial charge is 0.374 e. The molecule has 2 unspecified atom stereocenters. The summed E-state index contributed by atoms with van der Waals surface area (Å²) in [6, 6.07) is 8.66. The normalized spacial score (nSPS) is 21.7. The van der Waals surface area contributed by atoms with Crippen LogP contribution in [0.1, 0.15) is 11.9 Å². The smallest absolute Gasteiger partial charge is 0.0955 e. The Labute approximate surface area is 130 Å². The molecule has 1 aromatic carbocycles. The zero-order valence-electron chi connectivity index (χ0n) is 12.7. The Balaban J connectivity index is 1.71. The third kappa shape index (κ3) is 3.43.